The van der Waals surface area contributed by atoms with Gasteiger partial charge in [0.25, 0.3) is 0 Å². The zero-order valence-electron chi connectivity index (χ0n) is 12.3. The molecule has 0 spiro atoms. The zero-order chi connectivity index (χ0) is 14.0. The van der Waals surface area contributed by atoms with Crippen LogP contribution in [0, 0.1) is 5.92 Å². The highest BCUT2D eigenvalue weighted by atomic mass is 16.5. The van der Waals surface area contributed by atoms with Crippen molar-refractivity contribution in [3.8, 4) is 0 Å². The number of hydrogen-bond acceptors (Lipinski definition) is 4. The van der Waals surface area contributed by atoms with Crippen LogP contribution in [0.4, 0.5) is 0 Å². The molecule has 106 valence electrons. The number of hydrogen-bond donors (Lipinski definition) is 1. The Morgan fingerprint density at radius 3 is 2.33 bits per heavy atom. The first-order chi connectivity index (χ1) is 8.24. The maximum Gasteiger partial charge on any atom is 0.171 e. The molecular formula is C14H27NO3. The van der Waals surface area contributed by atoms with Crippen molar-refractivity contribution in [1.29, 1.82) is 0 Å². The fraction of sp³-hybridized carbons (Fsp3) is 0.929. The van der Waals surface area contributed by atoms with Gasteiger partial charge in [0.15, 0.2) is 5.78 Å². The van der Waals surface area contributed by atoms with E-state index in [0.29, 0.717) is 6.54 Å². The van der Waals surface area contributed by atoms with Gasteiger partial charge in [0.2, 0.25) is 0 Å². The second-order valence-electron chi connectivity index (χ2n) is 6.10. The van der Waals surface area contributed by atoms with Crippen LogP contribution in [0.5, 0.6) is 0 Å². The Labute approximate surface area is 110 Å². The molecule has 1 aliphatic rings. The van der Waals surface area contributed by atoms with E-state index in [2.05, 4.69) is 11.8 Å². The number of nitrogens with zero attached hydrogens (tertiary/aromatic N) is 1. The number of aliphatic hydroxyl groups is 1. The van der Waals surface area contributed by atoms with Gasteiger partial charge in [-0.2, -0.15) is 0 Å². The summed E-state index contributed by atoms with van der Waals surface area (Å²) < 4.78 is 5.89. The third kappa shape index (κ3) is 3.31. The van der Waals surface area contributed by atoms with Crippen LogP contribution in [-0.2, 0) is 9.53 Å². The maximum absolute atomic E-state index is 12.4. The summed E-state index contributed by atoms with van der Waals surface area (Å²) in [7, 11) is 0. The van der Waals surface area contributed by atoms with Crippen LogP contribution in [0.15, 0.2) is 0 Å². The lowest BCUT2D eigenvalue weighted by Gasteiger charge is -2.30. The lowest BCUT2D eigenvalue weighted by molar-refractivity contribution is -0.132. The molecule has 0 aliphatic carbocycles. The molecule has 0 aromatic carbocycles. The monoisotopic (exact) mass is 257 g/mol. The number of rotatable bonds is 6. The third-order valence-electron chi connectivity index (χ3n) is 3.79. The molecule has 1 atom stereocenters. The molecule has 1 N–H and O–H groups in total. The van der Waals surface area contributed by atoms with Gasteiger partial charge in [-0.3, -0.25) is 4.79 Å². The highest BCUT2D eigenvalue weighted by molar-refractivity contribution is 5.91. The van der Waals surface area contributed by atoms with Crippen molar-refractivity contribution in [2.75, 3.05) is 26.2 Å². The lowest BCUT2D eigenvalue weighted by atomic mass is 9.85. The summed E-state index contributed by atoms with van der Waals surface area (Å²) in [5.41, 5.74) is -1.09. The summed E-state index contributed by atoms with van der Waals surface area (Å²) in [6.45, 7) is 12.4. The van der Waals surface area contributed by atoms with Gasteiger partial charge in [0.1, 0.15) is 5.60 Å². The molecule has 4 heteroatoms. The summed E-state index contributed by atoms with van der Waals surface area (Å²) in [5, 5.41) is 8.89. The first-order valence-corrected chi connectivity index (χ1v) is 6.82. The van der Waals surface area contributed by atoms with E-state index < -0.39 is 11.2 Å². The summed E-state index contributed by atoms with van der Waals surface area (Å²) in [6, 6.07) is 0. The summed E-state index contributed by atoms with van der Waals surface area (Å²) in [4.78, 5) is 14.6. The molecule has 1 heterocycles. The lowest BCUT2D eigenvalue weighted by Crippen LogP contribution is -2.41. The smallest absolute Gasteiger partial charge is 0.171 e. The van der Waals surface area contributed by atoms with E-state index in [-0.39, 0.29) is 18.3 Å². The quantitative estimate of drug-likeness (QED) is 0.783. The highest BCUT2D eigenvalue weighted by Gasteiger charge is 2.53. The molecule has 18 heavy (non-hydrogen) atoms. The molecular weight excluding hydrogens is 230 g/mol. The molecule has 1 saturated heterocycles. The number of carbonyl (C=O) groups is 1. The Balaban J connectivity index is 2.72. The zero-order valence-corrected chi connectivity index (χ0v) is 12.3. The Kier molecular flexibility index (Phi) is 4.92. The van der Waals surface area contributed by atoms with Gasteiger partial charge in [-0.15, -0.1) is 0 Å². The molecule has 0 amide bonds. The number of ketones is 1. The molecule has 1 fully saturated rings. The Morgan fingerprint density at radius 2 is 1.94 bits per heavy atom. The van der Waals surface area contributed by atoms with E-state index in [9.17, 15) is 4.79 Å². The molecule has 1 unspecified atom stereocenters. The SMILES string of the molecule is CCN(CCCO)CC1C(=O)C(C)(C)OC1(C)C. The topological polar surface area (TPSA) is 49.8 Å². The average molecular weight is 257 g/mol. The molecule has 0 aromatic rings. The molecule has 0 bridgehead atoms. The van der Waals surface area contributed by atoms with Crippen molar-refractivity contribution in [2.24, 2.45) is 5.92 Å². The van der Waals surface area contributed by atoms with E-state index in [1.54, 1.807) is 0 Å². The maximum atomic E-state index is 12.4. The van der Waals surface area contributed by atoms with Crippen molar-refractivity contribution < 1.29 is 14.6 Å². The van der Waals surface area contributed by atoms with Crippen LogP contribution < -0.4 is 0 Å². The molecule has 1 rings (SSSR count). The highest BCUT2D eigenvalue weighted by Crippen LogP contribution is 2.39. The van der Waals surface area contributed by atoms with Gasteiger partial charge in [0, 0.05) is 19.7 Å². The van der Waals surface area contributed by atoms with Gasteiger partial charge in [-0.05, 0) is 40.7 Å². The third-order valence-corrected chi connectivity index (χ3v) is 3.79. The molecule has 1 aliphatic heterocycles. The van der Waals surface area contributed by atoms with E-state index >= 15 is 0 Å². The van der Waals surface area contributed by atoms with Crippen molar-refractivity contribution in [3.05, 3.63) is 0 Å². The molecule has 0 saturated carbocycles. The predicted molar refractivity (Wildman–Crippen MR) is 71.6 cm³/mol. The Bertz CT molecular complexity index is 299. The molecule has 0 radical (unpaired) electrons. The van der Waals surface area contributed by atoms with Gasteiger partial charge in [-0.1, -0.05) is 6.92 Å². The van der Waals surface area contributed by atoms with Gasteiger partial charge in [-0.25, -0.2) is 0 Å². The van der Waals surface area contributed by atoms with E-state index in [0.717, 1.165) is 19.5 Å². The summed E-state index contributed by atoms with van der Waals surface area (Å²) in [5.74, 6) is 0.0982. The summed E-state index contributed by atoms with van der Waals surface area (Å²) in [6.07, 6.45) is 0.749. The number of aliphatic hydroxyl groups excluding tert-OH is 1. The van der Waals surface area contributed by atoms with Crippen molar-refractivity contribution >= 4 is 5.78 Å². The Morgan fingerprint density at radius 1 is 1.33 bits per heavy atom. The van der Waals surface area contributed by atoms with Crippen LogP contribution in [-0.4, -0.2) is 53.2 Å². The average Bonchev–Trinajstić information content (AvgIpc) is 2.41. The normalized spacial score (nSPS) is 25.9. The Hall–Kier alpha value is -0.450. The predicted octanol–water partition coefficient (Wildman–Crippen LogP) is 1.46. The van der Waals surface area contributed by atoms with Gasteiger partial charge < -0.3 is 14.7 Å². The standard InChI is InChI=1S/C14H27NO3/c1-6-15(8-7-9-16)10-11-12(17)14(4,5)18-13(11,2)3/h11,16H,6-10H2,1-5H3. The minimum atomic E-state index is -0.676. The first kappa shape index (κ1) is 15.6. The number of Topliss-reactive ketones (excluding diaryl/α,β-unsaturated/α-hetero) is 1. The largest absolute Gasteiger partial charge is 0.396 e. The minimum absolute atomic E-state index is 0.0915. The number of ether oxygens (including phenoxy) is 1. The second kappa shape index (κ2) is 5.68. The van der Waals surface area contributed by atoms with Crippen LogP contribution >= 0.6 is 0 Å². The number of carbonyl (C=O) groups excluding carboxylic acids is 1. The van der Waals surface area contributed by atoms with Gasteiger partial charge >= 0.3 is 0 Å². The van der Waals surface area contributed by atoms with Crippen molar-refractivity contribution in [2.45, 2.75) is 52.2 Å². The fourth-order valence-corrected chi connectivity index (χ4v) is 2.75. The van der Waals surface area contributed by atoms with Gasteiger partial charge in [0.05, 0.1) is 11.5 Å². The van der Waals surface area contributed by atoms with E-state index in [1.165, 1.54) is 0 Å². The fourth-order valence-electron chi connectivity index (χ4n) is 2.75. The van der Waals surface area contributed by atoms with E-state index in [4.69, 9.17) is 9.84 Å². The molecule has 4 nitrogen and oxygen atoms in total. The van der Waals surface area contributed by atoms with Crippen molar-refractivity contribution in [3.63, 3.8) is 0 Å². The van der Waals surface area contributed by atoms with Crippen molar-refractivity contribution in [1.82, 2.24) is 4.90 Å². The van der Waals surface area contributed by atoms with E-state index in [1.807, 2.05) is 27.7 Å². The second-order valence-corrected chi connectivity index (χ2v) is 6.10. The molecule has 0 aromatic heterocycles. The first-order valence-electron chi connectivity index (χ1n) is 6.82. The van der Waals surface area contributed by atoms with Crippen LogP contribution in [0.1, 0.15) is 41.0 Å². The van der Waals surface area contributed by atoms with Crippen LogP contribution in [0.25, 0.3) is 0 Å². The summed E-state index contributed by atoms with van der Waals surface area (Å²) >= 11 is 0. The van der Waals surface area contributed by atoms with Crippen LogP contribution in [0.3, 0.4) is 0 Å². The minimum Gasteiger partial charge on any atom is -0.396 e. The van der Waals surface area contributed by atoms with Crippen LogP contribution in [0.2, 0.25) is 0 Å².